The molecule has 0 aromatic carbocycles. The molecule has 0 spiro atoms. The highest BCUT2D eigenvalue weighted by Gasteiger charge is 2.43. The minimum absolute atomic E-state index is 0.0430. The molecule has 1 rings (SSSR count). The highest BCUT2D eigenvalue weighted by molar-refractivity contribution is 6.76. The molecule has 0 unspecified atom stereocenters. The number of carbonyl (C=O) groups is 2. The summed E-state index contributed by atoms with van der Waals surface area (Å²) in [4.78, 5) is 24.6. The Morgan fingerprint density at radius 3 is 2.22 bits per heavy atom. The molecular weight excluding hydrogens is 380 g/mol. The Morgan fingerprint density at radius 2 is 1.74 bits per heavy atom. The van der Waals surface area contributed by atoms with Gasteiger partial charge >= 0.3 is 12.1 Å². The standard InChI is InChI=1S/C18H38N2O5Si2/c1-18(2,3)27(8,9)25-14-12-15(16(21)23-4)19-20(13-14)17(22)24-10-11-26(5,6)7/h14-15,19H,10-13H2,1-9H3/t14-,15-/m1/s1. The molecule has 0 saturated carbocycles. The first-order valence-corrected chi connectivity index (χ1v) is 16.2. The summed E-state index contributed by atoms with van der Waals surface area (Å²) >= 11 is 0. The maximum absolute atomic E-state index is 12.5. The van der Waals surface area contributed by atoms with Crippen LogP contribution in [0.15, 0.2) is 0 Å². The van der Waals surface area contributed by atoms with E-state index in [4.69, 9.17) is 13.9 Å². The number of nitrogens with one attached hydrogen (secondary N) is 1. The third kappa shape index (κ3) is 7.55. The Kier molecular flexibility index (Phi) is 8.10. The fraction of sp³-hybridized carbons (Fsp3) is 0.889. The number of carbonyl (C=O) groups excluding carboxylic acids is 2. The second-order valence-corrected chi connectivity index (χ2v) is 20.4. The van der Waals surface area contributed by atoms with Crippen molar-refractivity contribution < 1.29 is 23.5 Å². The molecule has 1 N–H and O–H groups in total. The maximum atomic E-state index is 12.5. The zero-order chi connectivity index (χ0) is 21.0. The van der Waals surface area contributed by atoms with Gasteiger partial charge in [-0.25, -0.2) is 15.2 Å². The molecule has 0 aromatic rings. The minimum atomic E-state index is -2.03. The first-order chi connectivity index (χ1) is 12.2. The van der Waals surface area contributed by atoms with Crippen LogP contribution < -0.4 is 5.43 Å². The third-order valence-corrected chi connectivity index (χ3v) is 11.5. The molecule has 0 bridgehead atoms. The van der Waals surface area contributed by atoms with Gasteiger partial charge in [-0.2, -0.15) is 0 Å². The monoisotopic (exact) mass is 418 g/mol. The van der Waals surface area contributed by atoms with Gasteiger partial charge in [0, 0.05) is 14.5 Å². The highest BCUT2D eigenvalue weighted by atomic mass is 28.4. The van der Waals surface area contributed by atoms with Crippen molar-refractivity contribution in [1.82, 2.24) is 10.4 Å². The summed E-state index contributed by atoms with van der Waals surface area (Å²) in [5.41, 5.74) is 2.94. The van der Waals surface area contributed by atoms with Crippen LogP contribution in [-0.2, 0) is 18.7 Å². The SMILES string of the molecule is COC(=O)[C@H]1C[C@@H](O[Si](C)(C)C(C)(C)C)CN(C(=O)OCC[Si](C)(C)C)N1. The smallest absolute Gasteiger partial charge is 0.424 e. The summed E-state index contributed by atoms with van der Waals surface area (Å²) in [5.74, 6) is -0.404. The van der Waals surface area contributed by atoms with Crippen molar-refractivity contribution in [3.63, 3.8) is 0 Å². The highest BCUT2D eigenvalue weighted by Crippen LogP contribution is 2.38. The lowest BCUT2D eigenvalue weighted by molar-refractivity contribution is -0.147. The molecule has 1 amide bonds. The van der Waals surface area contributed by atoms with E-state index in [0.717, 1.165) is 6.04 Å². The molecule has 1 aliphatic rings. The van der Waals surface area contributed by atoms with Gasteiger partial charge < -0.3 is 13.9 Å². The summed E-state index contributed by atoms with van der Waals surface area (Å²) in [5, 5.41) is 1.41. The van der Waals surface area contributed by atoms with E-state index in [9.17, 15) is 9.59 Å². The van der Waals surface area contributed by atoms with Gasteiger partial charge in [0.05, 0.1) is 26.4 Å². The van der Waals surface area contributed by atoms with Crippen LogP contribution in [0.2, 0.25) is 43.8 Å². The molecule has 1 heterocycles. The van der Waals surface area contributed by atoms with Crippen molar-refractivity contribution in [2.24, 2.45) is 0 Å². The average Bonchev–Trinajstić information content (AvgIpc) is 2.50. The van der Waals surface area contributed by atoms with Crippen LogP contribution in [0.5, 0.6) is 0 Å². The largest absolute Gasteiger partial charge is 0.468 e. The number of rotatable bonds is 6. The Labute approximate surface area is 166 Å². The molecule has 158 valence electrons. The second-order valence-electron chi connectivity index (χ2n) is 9.98. The predicted octanol–water partition coefficient (Wildman–Crippen LogP) is 3.60. The lowest BCUT2D eigenvalue weighted by Gasteiger charge is -2.43. The van der Waals surface area contributed by atoms with Crippen LogP contribution in [-0.4, -0.2) is 65.9 Å². The number of amides is 1. The van der Waals surface area contributed by atoms with Crippen molar-refractivity contribution in [3.8, 4) is 0 Å². The number of hydrazine groups is 1. The summed E-state index contributed by atoms with van der Waals surface area (Å²) < 4.78 is 16.8. The van der Waals surface area contributed by atoms with Crippen molar-refractivity contribution in [3.05, 3.63) is 0 Å². The normalized spacial score (nSPS) is 21.7. The minimum Gasteiger partial charge on any atom is -0.468 e. The Morgan fingerprint density at radius 1 is 1.15 bits per heavy atom. The third-order valence-electron chi connectivity index (χ3n) is 5.25. The van der Waals surface area contributed by atoms with Crippen molar-refractivity contribution in [2.75, 3.05) is 20.3 Å². The van der Waals surface area contributed by atoms with Crippen LogP contribution in [0.25, 0.3) is 0 Å². The van der Waals surface area contributed by atoms with Crippen LogP contribution in [0, 0.1) is 0 Å². The molecule has 27 heavy (non-hydrogen) atoms. The van der Waals surface area contributed by atoms with Gasteiger partial charge in [-0.1, -0.05) is 40.4 Å². The van der Waals surface area contributed by atoms with Gasteiger partial charge in [-0.05, 0) is 24.2 Å². The Hall–Kier alpha value is -0.906. The van der Waals surface area contributed by atoms with E-state index in [2.05, 4.69) is 58.9 Å². The quantitative estimate of drug-likeness (QED) is 0.524. The predicted molar refractivity (Wildman–Crippen MR) is 112 cm³/mol. The molecule has 1 aliphatic heterocycles. The summed E-state index contributed by atoms with van der Waals surface area (Å²) in [6.45, 7) is 18.3. The molecule has 7 nitrogen and oxygen atoms in total. The van der Waals surface area contributed by atoms with E-state index in [1.54, 1.807) is 0 Å². The molecule has 0 aromatic heterocycles. The first-order valence-electron chi connectivity index (χ1n) is 9.62. The van der Waals surface area contributed by atoms with E-state index >= 15 is 0 Å². The molecule has 2 atom stereocenters. The number of hydrogen-bond donors (Lipinski definition) is 1. The van der Waals surface area contributed by atoms with Gasteiger partial charge in [0.2, 0.25) is 0 Å². The van der Waals surface area contributed by atoms with Gasteiger partial charge in [-0.3, -0.25) is 4.79 Å². The molecule has 1 saturated heterocycles. The Bertz CT molecular complexity index is 529. The number of nitrogens with zero attached hydrogens (tertiary/aromatic N) is 1. The van der Waals surface area contributed by atoms with E-state index in [-0.39, 0.29) is 11.1 Å². The second kappa shape index (κ2) is 9.06. The molecular formula is C18H38N2O5Si2. The first kappa shape index (κ1) is 24.1. The number of methoxy groups -OCH3 is 1. The van der Waals surface area contributed by atoms with Crippen molar-refractivity contribution in [2.45, 2.75) is 83.2 Å². The molecule has 0 radical (unpaired) electrons. The maximum Gasteiger partial charge on any atom is 0.424 e. The Balaban J connectivity index is 2.82. The molecule has 9 heteroatoms. The van der Waals surface area contributed by atoms with Gasteiger partial charge in [0.1, 0.15) is 6.04 Å². The lowest BCUT2D eigenvalue weighted by Crippen LogP contribution is -2.61. The van der Waals surface area contributed by atoms with Crippen LogP contribution in [0.1, 0.15) is 27.2 Å². The van der Waals surface area contributed by atoms with E-state index in [1.165, 1.54) is 12.1 Å². The lowest BCUT2D eigenvalue weighted by atomic mass is 10.1. The van der Waals surface area contributed by atoms with Crippen molar-refractivity contribution >= 4 is 28.5 Å². The van der Waals surface area contributed by atoms with E-state index in [1.807, 2.05) is 0 Å². The molecule has 0 aliphatic carbocycles. The average molecular weight is 419 g/mol. The topological polar surface area (TPSA) is 77.1 Å². The summed E-state index contributed by atoms with van der Waals surface area (Å²) in [6, 6.07) is 0.278. The molecule has 1 fully saturated rings. The van der Waals surface area contributed by atoms with Gasteiger partial charge in [-0.15, -0.1) is 0 Å². The summed E-state index contributed by atoms with van der Waals surface area (Å²) in [7, 11) is -1.97. The van der Waals surface area contributed by atoms with Crippen LogP contribution in [0.3, 0.4) is 0 Å². The van der Waals surface area contributed by atoms with Crippen LogP contribution >= 0.6 is 0 Å². The zero-order valence-corrected chi connectivity index (χ0v) is 20.5. The fourth-order valence-electron chi connectivity index (χ4n) is 2.45. The van der Waals surface area contributed by atoms with E-state index in [0.29, 0.717) is 19.6 Å². The zero-order valence-electron chi connectivity index (χ0n) is 18.5. The summed E-state index contributed by atoms with van der Waals surface area (Å²) in [6.07, 6.45) is -0.232. The van der Waals surface area contributed by atoms with Gasteiger partial charge in [0.25, 0.3) is 0 Å². The van der Waals surface area contributed by atoms with Crippen molar-refractivity contribution in [1.29, 1.82) is 0 Å². The fourth-order valence-corrected chi connectivity index (χ4v) is 4.53. The van der Waals surface area contributed by atoms with Crippen LogP contribution in [0.4, 0.5) is 4.79 Å². The van der Waals surface area contributed by atoms with E-state index < -0.39 is 34.5 Å². The number of esters is 1. The number of hydrogen-bond acceptors (Lipinski definition) is 6. The number of ether oxygens (including phenoxy) is 2. The van der Waals surface area contributed by atoms with Gasteiger partial charge in [0.15, 0.2) is 8.32 Å².